The molecule has 1 heterocycles. The first kappa shape index (κ1) is 13.7. The van der Waals surface area contributed by atoms with Crippen molar-refractivity contribution in [1.82, 2.24) is 4.98 Å². The van der Waals surface area contributed by atoms with Gasteiger partial charge in [-0.15, -0.1) is 11.3 Å². The standard InChI is InChI=1S/C15H18N2OS/c1-15(2,3)11-6-4-10(5-7-11)13(18)8-12-9-19-14(16)17-12/h4-7,9H,8H2,1-3H3,(H2,16,17). The van der Waals surface area contributed by atoms with Crippen LogP contribution in [0.1, 0.15) is 42.4 Å². The fourth-order valence-corrected chi connectivity index (χ4v) is 2.39. The number of nitrogens with two attached hydrogens (primary N) is 1. The zero-order valence-corrected chi connectivity index (χ0v) is 12.3. The van der Waals surface area contributed by atoms with Crippen LogP contribution in [0.15, 0.2) is 29.6 Å². The molecule has 0 radical (unpaired) electrons. The van der Waals surface area contributed by atoms with Crippen LogP contribution in [0.2, 0.25) is 0 Å². The van der Waals surface area contributed by atoms with Crippen molar-refractivity contribution in [3.63, 3.8) is 0 Å². The summed E-state index contributed by atoms with van der Waals surface area (Å²) < 4.78 is 0. The molecule has 3 nitrogen and oxygen atoms in total. The number of Topliss-reactive ketones (excluding diaryl/α,β-unsaturated/α-hetero) is 1. The van der Waals surface area contributed by atoms with E-state index < -0.39 is 0 Å². The Hall–Kier alpha value is -1.68. The molecule has 0 spiro atoms. The van der Waals surface area contributed by atoms with E-state index in [2.05, 4.69) is 25.8 Å². The van der Waals surface area contributed by atoms with Gasteiger partial charge >= 0.3 is 0 Å². The average Bonchev–Trinajstić information content (AvgIpc) is 2.74. The van der Waals surface area contributed by atoms with Gasteiger partial charge in [-0.1, -0.05) is 45.0 Å². The van der Waals surface area contributed by atoms with Crippen LogP contribution in [0.3, 0.4) is 0 Å². The summed E-state index contributed by atoms with van der Waals surface area (Å²) in [5.74, 6) is 0.0748. The van der Waals surface area contributed by atoms with Gasteiger partial charge < -0.3 is 5.73 Å². The molecular formula is C15H18N2OS. The first-order chi connectivity index (χ1) is 8.86. The summed E-state index contributed by atoms with van der Waals surface area (Å²) in [6.07, 6.45) is 0.308. The minimum absolute atomic E-state index is 0.0748. The molecule has 19 heavy (non-hydrogen) atoms. The number of rotatable bonds is 3. The lowest BCUT2D eigenvalue weighted by Gasteiger charge is -2.18. The third-order valence-electron chi connectivity index (χ3n) is 2.98. The highest BCUT2D eigenvalue weighted by molar-refractivity contribution is 7.13. The van der Waals surface area contributed by atoms with Crippen molar-refractivity contribution in [2.75, 3.05) is 5.73 Å². The summed E-state index contributed by atoms with van der Waals surface area (Å²) >= 11 is 1.36. The van der Waals surface area contributed by atoms with E-state index in [0.29, 0.717) is 11.6 Å². The number of benzene rings is 1. The zero-order chi connectivity index (χ0) is 14.0. The second-order valence-corrected chi connectivity index (χ2v) is 6.49. The Bertz CT molecular complexity index is 579. The van der Waals surface area contributed by atoms with E-state index in [0.717, 1.165) is 11.3 Å². The summed E-state index contributed by atoms with van der Waals surface area (Å²) in [7, 11) is 0. The molecule has 0 saturated carbocycles. The maximum Gasteiger partial charge on any atom is 0.180 e. The monoisotopic (exact) mass is 274 g/mol. The molecule has 0 aliphatic carbocycles. The quantitative estimate of drug-likeness (QED) is 0.872. The number of thiazole rings is 1. The molecule has 0 fully saturated rings. The highest BCUT2D eigenvalue weighted by Crippen LogP contribution is 2.22. The fourth-order valence-electron chi connectivity index (χ4n) is 1.83. The van der Waals surface area contributed by atoms with Crippen LogP contribution in [0.25, 0.3) is 0 Å². The minimum atomic E-state index is 0.0748. The smallest absolute Gasteiger partial charge is 0.180 e. The first-order valence-electron chi connectivity index (χ1n) is 6.20. The molecule has 0 unspecified atom stereocenters. The van der Waals surface area contributed by atoms with Crippen molar-refractivity contribution >= 4 is 22.3 Å². The lowest BCUT2D eigenvalue weighted by atomic mass is 9.86. The van der Waals surface area contributed by atoms with Crippen molar-refractivity contribution in [2.24, 2.45) is 0 Å². The SMILES string of the molecule is CC(C)(C)c1ccc(C(=O)Cc2csc(N)n2)cc1. The van der Waals surface area contributed by atoms with Gasteiger partial charge in [0.2, 0.25) is 0 Å². The molecule has 1 aromatic heterocycles. The second kappa shape index (κ2) is 5.13. The molecule has 2 N–H and O–H groups in total. The molecule has 2 aromatic rings. The number of nitrogen functional groups attached to an aromatic ring is 1. The number of carbonyl (C=O) groups excluding carboxylic acids is 1. The third-order valence-corrected chi connectivity index (χ3v) is 3.71. The van der Waals surface area contributed by atoms with E-state index in [4.69, 9.17) is 5.73 Å². The predicted octanol–water partition coefficient (Wildman–Crippen LogP) is 3.45. The molecule has 0 aliphatic heterocycles. The summed E-state index contributed by atoms with van der Waals surface area (Å²) in [5.41, 5.74) is 8.35. The van der Waals surface area contributed by atoms with Crippen LogP contribution in [0.5, 0.6) is 0 Å². The van der Waals surface area contributed by atoms with Crippen molar-refractivity contribution in [1.29, 1.82) is 0 Å². The van der Waals surface area contributed by atoms with Gasteiger partial charge in [-0.25, -0.2) is 4.98 Å². The average molecular weight is 274 g/mol. The van der Waals surface area contributed by atoms with Crippen LogP contribution in [0.4, 0.5) is 5.13 Å². The van der Waals surface area contributed by atoms with Crippen LogP contribution in [-0.4, -0.2) is 10.8 Å². The van der Waals surface area contributed by atoms with Crippen LogP contribution < -0.4 is 5.73 Å². The molecule has 0 amide bonds. The Morgan fingerprint density at radius 2 is 1.89 bits per heavy atom. The first-order valence-corrected chi connectivity index (χ1v) is 7.08. The molecule has 2 rings (SSSR count). The molecule has 0 atom stereocenters. The summed E-state index contributed by atoms with van der Waals surface area (Å²) in [4.78, 5) is 16.2. The van der Waals surface area contributed by atoms with Crippen LogP contribution in [-0.2, 0) is 11.8 Å². The minimum Gasteiger partial charge on any atom is -0.375 e. The van der Waals surface area contributed by atoms with E-state index in [1.165, 1.54) is 16.9 Å². The summed E-state index contributed by atoms with van der Waals surface area (Å²) in [6, 6.07) is 7.81. The van der Waals surface area contributed by atoms with E-state index in [-0.39, 0.29) is 11.2 Å². The maximum absolute atomic E-state index is 12.1. The summed E-state index contributed by atoms with van der Waals surface area (Å²) in [6.45, 7) is 6.46. The lowest BCUT2D eigenvalue weighted by Crippen LogP contribution is -2.11. The highest BCUT2D eigenvalue weighted by atomic mass is 32.1. The van der Waals surface area contributed by atoms with Crippen molar-refractivity contribution in [2.45, 2.75) is 32.6 Å². The number of anilines is 1. The van der Waals surface area contributed by atoms with E-state index >= 15 is 0 Å². The number of ketones is 1. The molecule has 4 heteroatoms. The lowest BCUT2D eigenvalue weighted by molar-refractivity contribution is 0.0992. The molecule has 0 aliphatic rings. The number of hydrogen-bond donors (Lipinski definition) is 1. The van der Waals surface area contributed by atoms with Gasteiger partial charge in [-0.2, -0.15) is 0 Å². The van der Waals surface area contributed by atoms with Gasteiger partial charge in [-0.05, 0) is 11.0 Å². The Kier molecular flexibility index (Phi) is 3.71. The zero-order valence-electron chi connectivity index (χ0n) is 11.4. The summed E-state index contributed by atoms with van der Waals surface area (Å²) in [5, 5.41) is 2.34. The van der Waals surface area contributed by atoms with Gasteiger partial charge in [0.15, 0.2) is 10.9 Å². The number of hydrogen-bond acceptors (Lipinski definition) is 4. The third kappa shape index (κ3) is 3.41. The van der Waals surface area contributed by atoms with Crippen LogP contribution in [0, 0.1) is 0 Å². The van der Waals surface area contributed by atoms with Crippen molar-refractivity contribution in [3.05, 3.63) is 46.5 Å². The Labute approximate surface area is 117 Å². The molecule has 1 aromatic carbocycles. The van der Waals surface area contributed by atoms with Crippen LogP contribution >= 0.6 is 11.3 Å². The van der Waals surface area contributed by atoms with E-state index in [1.54, 1.807) is 0 Å². The Morgan fingerprint density at radius 3 is 2.37 bits per heavy atom. The molecular weight excluding hydrogens is 256 g/mol. The topological polar surface area (TPSA) is 56.0 Å². The Balaban J connectivity index is 2.12. The normalized spacial score (nSPS) is 11.5. The van der Waals surface area contributed by atoms with Gasteiger partial charge in [0.1, 0.15) is 0 Å². The highest BCUT2D eigenvalue weighted by Gasteiger charge is 2.15. The van der Waals surface area contributed by atoms with Gasteiger partial charge in [0, 0.05) is 10.9 Å². The maximum atomic E-state index is 12.1. The second-order valence-electron chi connectivity index (χ2n) is 5.60. The van der Waals surface area contributed by atoms with Gasteiger partial charge in [0.25, 0.3) is 0 Å². The number of nitrogens with zero attached hydrogens (tertiary/aromatic N) is 1. The number of carbonyl (C=O) groups is 1. The van der Waals surface area contributed by atoms with Gasteiger partial charge in [-0.3, -0.25) is 4.79 Å². The van der Waals surface area contributed by atoms with Gasteiger partial charge in [0.05, 0.1) is 12.1 Å². The predicted molar refractivity (Wildman–Crippen MR) is 79.7 cm³/mol. The number of aromatic nitrogens is 1. The molecule has 0 bridgehead atoms. The van der Waals surface area contributed by atoms with E-state index in [9.17, 15) is 4.79 Å². The fraction of sp³-hybridized carbons (Fsp3) is 0.333. The molecule has 100 valence electrons. The molecule has 0 saturated heterocycles. The van der Waals surface area contributed by atoms with Crippen molar-refractivity contribution < 1.29 is 4.79 Å². The van der Waals surface area contributed by atoms with E-state index in [1.807, 2.05) is 29.6 Å². The van der Waals surface area contributed by atoms with Crippen molar-refractivity contribution in [3.8, 4) is 0 Å². The largest absolute Gasteiger partial charge is 0.375 e. The Morgan fingerprint density at radius 1 is 1.26 bits per heavy atom.